The number of rotatable bonds is 5. The Morgan fingerprint density at radius 2 is 1.63 bits per heavy atom. The summed E-state index contributed by atoms with van der Waals surface area (Å²) in [5.41, 5.74) is 4.38. The Kier molecular flexibility index (Phi) is 6.15. The summed E-state index contributed by atoms with van der Waals surface area (Å²) < 4.78 is 0. The van der Waals surface area contributed by atoms with E-state index in [1.165, 1.54) is 35.3 Å². The monoisotopic (exact) mass is 416 g/mol. The number of nitrogens with one attached hydrogen (secondary N) is 1. The van der Waals surface area contributed by atoms with E-state index in [1.807, 2.05) is 11.9 Å². The molecular formula is C25H28N4S. The number of benzene rings is 2. The van der Waals surface area contributed by atoms with Crippen molar-refractivity contribution >= 4 is 23.3 Å². The molecule has 30 heavy (non-hydrogen) atoms. The second-order valence-corrected chi connectivity index (χ2v) is 8.97. The van der Waals surface area contributed by atoms with Crippen molar-refractivity contribution in [3.63, 3.8) is 0 Å². The third-order valence-corrected chi connectivity index (χ3v) is 6.88. The van der Waals surface area contributed by atoms with Crippen LogP contribution in [-0.4, -0.2) is 36.1 Å². The van der Waals surface area contributed by atoms with Crippen LogP contribution in [0, 0.1) is 11.3 Å². The average molecular weight is 417 g/mol. The van der Waals surface area contributed by atoms with E-state index in [0.29, 0.717) is 5.84 Å². The van der Waals surface area contributed by atoms with Crippen LogP contribution in [0.5, 0.6) is 0 Å². The van der Waals surface area contributed by atoms with E-state index in [4.69, 9.17) is 4.99 Å². The molecule has 0 saturated heterocycles. The van der Waals surface area contributed by atoms with Crippen molar-refractivity contribution in [3.05, 3.63) is 60.3 Å². The molecule has 2 aliphatic rings. The first-order valence-electron chi connectivity index (χ1n) is 10.6. The van der Waals surface area contributed by atoms with Gasteiger partial charge in [-0.05, 0) is 60.6 Å². The van der Waals surface area contributed by atoms with Crippen LogP contribution in [0.3, 0.4) is 0 Å². The Hall–Kier alpha value is -2.71. The number of nitrogens with zero attached hydrogens (tertiary/aromatic N) is 3. The number of hydrogen-bond donors (Lipinski definition) is 1. The molecule has 1 aliphatic carbocycles. The maximum atomic E-state index is 9.45. The van der Waals surface area contributed by atoms with Crippen LogP contribution in [0.1, 0.15) is 32.1 Å². The molecule has 0 bridgehead atoms. The fourth-order valence-corrected chi connectivity index (χ4v) is 4.78. The quantitative estimate of drug-likeness (QED) is 0.613. The highest BCUT2D eigenvalue weighted by Crippen LogP contribution is 2.39. The van der Waals surface area contributed by atoms with Crippen molar-refractivity contribution in [2.24, 2.45) is 4.99 Å². The zero-order valence-electron chi connectivity index (χ0n) is 17.7. The molecule has 1 aliphatic heterocycles. The van der Waals surface area contributed by atoms with Crippen LogP contribution >= 0.6 is 11.8 Å². The van der Waals surface area contributed by atoms with E-state index in [-0.39, 0.29) is 5.54 Å². The predicted molar refractivity (Wildman–Crippen MR) is 127 cm³/mol. The first kappa shape index (κ1) is 20.6. The van der Waals surface area contributed by atoms with E-state index in [0.717, 1.165) is 30.8 Å². The van der Waals surface area contributed by atoms with E-state index in [9.17, 15) is 5.26 Å². The Morgan fingerprint density at radius 1 is 1.00 bits per heavy atom. The second-order valence-electron chi connectivity index (χ2n) is 8.09. The molecule has 0 radical (unpaired) electrons. The number of amidine groups is 1. The molecule has 1 heterocycles. The molecular weight excluding hydrogens is 388 g/mol. The lowest BCUT2D eigenvalue weighted by Crippen LogP contribution is -2.44. The van der Waals surface area contributed by atoms with E-state index in [1.54, 1.807) is 11.8 Å². The van der Waals surface area contributed by atoms with Crippen LogP contribution in [0.15, 0.2) is 70.2 Å². The van der Waals surface area contributed by atoms with Gasteiger partial charge in [-0.1, -0.05) is 43.5 Å². The SMILES string of the molecule is CSc1ccc(-c2ccc(NC3(C4=CCN(C)C(C#N)=N4)CCCCC3)cc2)cc1. The normalized spacial score (nSPS) is 18.2. The summed E-state index contributed by atoms with van der Waals surface area (Å²) in [5.74, 6) is 0.503. The van der Waals surface area contributed by atoms with Crippen molar-refractivity contribution < 1.29 is 0 Å². The summed E-state index contributed by atoms with van der Waals surface area (Å²) in [6, 6.07) is 19.6. The Morgan fingerprint density at radius 3 is 2.23 bits per heavy atom. The number of thioether (sulfide) groups is 1. The van der Waals surface area contributed by atoms with Gasteiger partial charge in [0.1, 0.15) is 6.07 Å². The van der Waals surface area contributed by atoms with Crippen LogP contribution in [-0.2, 0) is 0 Å². The van der Waals surface area contributed by atoms with Gasteiger partial charge in [-0.2, -0.15) is 5.26 Å². The molecule has 0 amide bonds. The first-order valence-corrected chi connectivity index (χ1v) is 11.8. The molecule has 0 atom stereocenters. The highest BCUT2D eigenvalue weighted by Gasteiger charge is 2.37. The Labute approximate surface area is 183 Å². The van der Waals surface area contributed by atoms with Crippen molar-refractivity contribution in [2.75, 3.05) is 25.2 Å². The smallest absolute Gasteiger partial charge is 0.208 e. The topological polar surface area (TPSA) is 51.4 Å². The number of nitriles is 1. The van der Waals surface area contributed by atoms with Crippen LogP contribution in [0.4, 0.5) is 5.69 Å². The molecule has 2 aromatic carbocycles. The molecule has 2 aromatic rings. The fourth-order valence-electron chi connectivity index (χ4n) is 4.37. The third-order valence-electron chi connectivity index (χ3n) is 6.14. The highest BCUT2D eigenvalue weighted by molar-refractivity contribution is 7.98. The minimum absolute atomic E-state index is 0.191. The maximum Gasteiger partial charge on any atom is 0.208 e. The fraction of sp³-hybridized carbons (Fsp3) is 0.360. The molecule has 0 spiro atoms. The van der Waals surface area contributed by atoms with E-state index in [2.05, 4.69) is 72.2 Å². The Bertz CT molecular complexity index is 977. The van der Waals surface area contributed by atoms with Gasteiger partial charge in [-0.25, -0.2) is 4.99 Å². The van der Waals surface area contributed by atoms with Crippen molar-refractivity contribution in [1.29, 1.82) is 5.26 Å². The molecule has 1 fully saturated rings. The summed E-state index contributed by atoms with van der Waals surface area (Å²) in [7, 11) is 1.92. The van der Waals surface area contributed by atoms with Crippen LogP contribution in [0.25, 0.3) is 11.1 Å². The summed E-state index contributed by atoms with van der Waals surface area (Å²) in [5, 5.41) is 13.3. The zero-order chi connectivity index (χ0) is 21.0. The maximum absolute atomic E-state index is 9.45. The molecule has 1 saturated carbocycles. The van der Waals surface area contributed by atoms with Gasteiger partial charge in [-0.3, -0.25) is 0 Å². The lowest BCUT2D eigenvalue weighted by molar-refractivity contribution is 0.360. The van der Waals surface area contributed by atoms with Crippen molar-refractivity contribution in [2.45, 2.75) is 42.5 Å². The third kappa shape index (κ3) is 4.24. The van der Waals surface area contributed by atoms with Gasteiger partial charge in [0.2, 0.25) is 5.84 Å². The summed E-state index contributed by atoms with van der Waals surface area (Å²) in [6.07, 6.45) is 9.98. The largest absolute Gasteiger partial charge is 0.374 e. The van der Waals surface area contributed by atoms with Crippen LogP contribution < -0.4 is 5.32 Å². The zero-order valence-corrected chi connectivity index (χ0v) is 18.5. The summed E-state index contributed by atoms with van der Waals surface area (Å²) >= 11 is 1.76. The average Bonchev–Trinajstić information content (AvgIpc) is 2.80. The van der Waals surface area contributed by atoms with Gasteiger partial charge < -0.3 is 10.2 Å². The molecule has 0 aromatic heterocycles. The number of anilines is 1. The summed E-state index contributed by atoms with van der Waals surface area (Å²) in [6.45, 7) is 0.732. The number of hydrogen-bond acceptors (Lipinski definition) is 5. The van der Waals surface area contributed by atoms with Gasteiger partial charge in [0.05, 0.1) is 11.2 Å². The molecule has 4 nitrogen and oxygen atoms in total. The van der Waals surface area contributed by atoms with Gasteiger partial charge in [0, 0.05) is 24.2 Å². The van der Waals surface area contributed by atoms with Crippen LogP contribution in [0.2, 0.25) is 0 Å². The minimum Gasteiger partial charge on any atom is -0.374 e. The summed E-state index contributed by atoms with van der Waals surface area (Å²) in [4.78, 5) is 7.91. The van der Waals surface area contributed by atoms with E-state index < -0.39 is 0 Å². The minimum atomic E-state index is -0.191. The standard InChI is InChI=1S/C25H28N4S/c1-29-17-14-23(27-24(29)18-26)25(15-4-3-5-16-25)28-21-10-6-19(7-11-21)20-8-12-22(30-2)13-9-20/h6-14,28H,3-5,15-17H2,1-2H3. The van der Waals surface area contributed by atoms with Crippen molar-refractivity contribution in [3.8, 4) is 17.2 Å². The predicted octanol–water partition coefficient (Wildman–Crippen LogP) is 5.94. The number of aliphatic imine (C=N–C) groups is 1. The lowest BCUT2D eigenvalue weighted by atomic mass is 9.78. The van der Waals surface area contributed by atoms with Gasteiger partial charge in [0.15, 0.2) is 0 Å². The Balaban J connectivity index is 1.58. The molecule has 5 heteroatoms. The second kappa shape index (κ2) is 8.97. The highest BCUT2D eigenvalue weighted by atomic mass is 32.2. The number of likely N-dealkylation sites (N-methyl/N-ethyl adjacent to an activating group) is 1. The molecule has 0 unspecified atom stereocenters. The van der Waals surface area contributed by atoms with Gasteiger partial charge in [-0.15, -0.1) is 11.8 Å². The first-order chi connectivity index (χ1) is 14.6. The molecule has 1 N–H and O–H groups in total. The van der Waals surface area contributed by atoms with Gasteiger partial charge in [0.25, 0.3) is 0 Å². The lowest BCUT2D eigenvalue weighted by Gasteiger charge is -2.41. The van der Waals surface area contributed by atoms with E-state index >= 15 is 0 Å². The molecule has 154 valence electrons. The molecule has 4 rings (SSSR count). The van der Waals surface area contributed by atoms with Gasteiger partial charge >= 0.3 is 0 Å². The van der Waals surface area contributed by atoms with Crippen molar-refractivity contribution in [1.82, 2.24) is 4.90 Å².